The summed E-state index contributed by atoms with van der Waals surface area (Å²) in [5.41, 5.74) is 4.09. The first-order chi connectivity index (χ1) is 45.6. The van der Waals surface area contributed by atoms with Gasteiger partial charge in [0, 0.05) is 30.3 Å². The van der Waals surface area contributed by atoms with E-state index < -0.39 is 51.5 Å². The predicted octanol–water partition coefficient (Wildman–Crippen LogP) is 18.6. The number of benzene rings is 5. The molecule has 0 saturated heterocycles. The highest BCUT2D eigenvalue weighted by Crippen LogP contribution is 2.78. The Morgan fingerprint density at radius 2 is 1.38 bits per heavy atom. The summed E-state index contributed by atoms with van der Waals surface area (Å²) >= 11 is 0. The number of carbonyl (C=O) groups excluding carboxylic acids is 2. The number of cyclic esters (lactones) is 1. The summed E-state index contributed by atoms with van der Waals surface area (Å²) in [6.45, 7) is 7.05. The number of rotatable bonds is 15. The van der Waals surface area contributed by atoms with Gasteiger partial charge >= 0.3 is 11.9 Å². The zero-order valence-corrected chi connectivity index (χ0v) is 56.9. The maximum absolute atomic E-state index is 16.6. The van der Waals surface area contributed by atoms with Gasteiger partial charge in [-0.3, -0.25) is 4.79 Å². The van der Waals surface area contributed by atoms with Crippen molar-refractivity contribution in [1.82, 2.24) is 0 Å². The predicted molar refractivity (Wildman–Crippen MR) is 373 cm³/mol. The smallest absolute Gasteiger partial charge is 0.331 e. The van der Waals surface area contributed by atoms with E-state index in [1.165, 1.54) is 91.7 Å². The van der Waals surface area contributed by atoms with E-state index >= 15 is 9.90 Å². The van der Waals surface area contributed by atoms with Crippen LogP contribution in [0.3, 0.4) is 0 Å². The highest BCUT2D eigenvalue weighted by molar-refractivity contribution is 5.93. The van der Waals surface area contributed by atoms with Gasteiger partial charge in [-0.2, -0.15) is 0 Å². The molecule has 5 aromatic rings. The average Bonchev–Trinajstić information content (AvgIpc) is 1.00. The molecule has 0 radical (unpaired) electrons. The molecule has 2 heterocycles. The summed E-state index contributed by atoms with van der Waals surface area (Å²) < 4.78 is 13.3. The van der Waals surface area contributed by atoms with E-state index in [1.807, 2.05) is 0 Å². The van der Waals surface area contributed by atoms with Crippen molar-refractivity contribution >= 4 is 22.7 Å². The van der Waals surface area contributed by atoms with Crippen LogP contribution in [0.1, 0.15) is 258 Å². The van der Waals surface area contributed by atoms with E-state index in [9.17, 15) is 15.0 Å². The molecule has 7 fully saturated rings. The van der Waals surface area contributed by atoms with E-state index in [2.05, 4.69) is 154 Å². The van der Waals surface area contributed by atoms with Crippen LogP contribution in [-0.4, -0.2) is 57.8 Å². The highest BCUT2D eigenvalue weighted by Gasteiger charge is 2.79. The number of fused-ring (bicyclic) bond motifs is 7. The van der Waals surface area contributed by atoms with Crippen molar-refractivity contribution in [1.29, 1.82) is 0 Å². The van der Waals surface area contributed by atoms with Crippen molar-refractivity contribution in [3.8, 4) is 11.8 Å². The first kappa shape index (κ1) is 63.2. The Morgan fingerprint density at radius 3 is 2.15 bits per heavy atom. The van der Waals surface area contributed by atoms with E-state index in [4.69, 9.17) is 9.47 Å². The summed E-state index contributed by atoms with van der Waals surface area (Å²) in [5.74, 6) is 9.02. The number of aliphatic hydroxyl groups is 3. The molecule has 2 aliphatic heterocycles. The van der Waals surface area contributed by atoms with Crippen molar-refractivity contribution in [3.63, 3.8) is 0 Å². The van der Waals surface area contributed by atoms with Crippen LogP contribution >= 0.6 is 0 Å². The SMILES string of the molecule is C[C@H](CCCc1ccccc1)CC[C@H](O)[C@]12[C@@H](O)CC[C@@](C)([C@H]3CC[C@]45CC[C@@H]6C[C@]7(c8ccccc8)CCCC[C@@H]7c7ccc8cccc(c8c7[C@@H]64)[C@@H]5C3)[C@@H]1[C@H]1C[C@](C)(C#CC[C@@]3(CCC[C@H](C4(c5ccccc5)CCCCC4)C3)C(=O)O1)[C@]2(O)CCC1=CC(=O)OC1. The van der Waals surface area contributed by atoms with Crippen LogP contribution < -0.4 is 0 Å². The number of aliphatic hydroxyl groups excluding tert-OH is 2. The zero-order valence-electron chi connectivity index (χ0n) is 56.9. The normalized spacial score (nSPS) is 39.1. The molecule has 7 heteroatoms. The van der Waals surface area contributed by atoms with Crippen LogP contribution in [0.5, 0.6) is 0 Å². The molecule has 2 spiro atoms. The Bertz CT molecular complexity index is 3750. The van der Waals surface area contributed by atoms with Crippen molar-refractivity contribution in [2.45, 2.75) is 266 Å². The zero-order chi connectivity index (χ0) is 64.3. The standard InChI is InChI=1S/C87H106O7/c1-58(22-18-25-59-23-8-4-9-24-59)34-37-72(88)87-73(89)41-48-81(3,65-40-50-84-49-39-62-54-85(64-29-12-6-13-30-64)47-17-14-33-69(85)68-36-35-61-26-19-32-67(70(84)53-65)75(61)76(68)77(62)84)78(87)71-56-80(2,86(87,92)51-38-60-52-74(90)93-57-60)42-21-44-82(79(91)94-71)43-20-31-66(55-82)83(45-15-7-16-46-83)63-27-10-5-11-28-63/h4-6,8-13,19,23-24,26-30,32,35-36,52,58,62,65-66,69-73,77-78,88-89,92H,7,14-18,20,22,25,31,33-34,37-41,43-51,53-57H2,1-3H3/t58-,62-,65+,66+,69-,70+,71-,72+,73+,77-,78+,80+,81+,82-,84+,85+,86-,87+/m1/s1. The van der Waals surface area contributed by atoms with Gasteiger partial charge in [-0.1, -0.05) is 186 Å². The number of hydrogen-bond acceptors (Lipinski definition) is 7. The summed E-state index contributed by atoms with van der Waals surface area (Å²) in [7, 11) is 0. The van der Waals surface area contributed by atoms with Crippen LogP contribution in [0.25, 0.3) is 10.8 Å². The molecule has 94 heavy (non-hydrogen) atoms. The number of esters is 2. The third-order valence-corrected chi connectivity index (χ3v) is 30.0. The number of carbonyl (C=O) groups is 2. The number of aryl methyl sites for hydroxylation is 1. The fourth-order valence-electron chi connectivity index (χ4n) is 25.7. The van der Waals surface area contributed by atoms with Gasteiger partial charge in [-0.25, -0.2) is 4.79 Å². The van der Waals surface area contributed by atoms with E-state index in [1.54, 1.807) is 22.8 Å². The third kappa shape index (κ3) is 9.68. The molecule has 7 nitrogen and oxygen atoms in total. The van der Waals surface area contributed by atoms with Crippen LogP contribution in [-0.2, 0) is 36.3 Å². The lowest BCUT2D eigenvalue weighted by Gasteiger charge is -2.72. The lowest BCUT2D eigenvalue weighted by atomic mass is 9.34. The molecule has 2 bridgehead atoms. The molecule has 496 valence electrons. The second-order valence-electron chi connectivity index (χ2n) is 34.0. The Labute approximate surface area is 561 Å². The monoisotopic (exact) mass is 1260 g/mol. The molecule has 3 N–H and O–H groups in total. The molecule has 0 amide bonds. The van der Waals surface area contributed by atoms with Crippen LogP contribution in [0, 0.1) is 68.5 Å². The fraction of sp³-hybridized carbons (Fsp3) is 0.609. The van der Waals surface area contributed by atoms with Crippen molar-refractivity contribution in [3.05, 3.63) is 166 Å². The molecule has 16 rings (SSSR count). The Balaban J connectivity index is 0.825. The van der Waals surface area contributed by atoms with Crippen molar-refractivity contribution in [2.75, 3.05) is 6.61 Å². The molecule has 11 aliphatic rings. The molecule has 0 aromatic heterocycles. The average molecular weight is 1260 g/mol. The first-order valence-corrected chi connectivity index (χ1v) is 38.0. The molecular weight excluding hydrogens is 1160 g/mol. The minimum absolute atomic E-state index is 0.0350. The van der Waals surface area contributed by atoms with Gasteiger partial charge < -0.3 is 24.8 Å². The summed E-state index contributed by atoms with van der Waals surface area (Å²) in [6.07, 6.45) is 26.0. The van der Waals surface area contributed by atoms with E-state index in [0.29, 0.717) is 81.5 Å². The Morgan fingerprint density at radius 1 is 0.649 bits per heavy atom. The fourth-order valence-corrected chi connectivity index (χ4v) is 25.7. The van der Waals surface area contributed by atoms with Crippen LogP contribution in [0.4, 0.5) is 0 Å². The minimum atomic E-state index is -1.79. The summed E-state index contributed by atoms with van der Waals surface area (Å²) in [4.78, 5) is 29.5. The number of ether oxygens (including phenoxy) is 2. The van der Waals surface area contributed by atoms with E-state index in [0.717, 1.165) is 69.8 Å². The van der Waals surface area contributed by atoms with Gasteiger partial charge in [0.05, 0.1) is 34.1 Å². The molecular formula is C87H106O7. The molecule has 7 saturated carbocycles. The second-order valence-corrected chi connectivity index (χ2v) is 34.0. The Hall–Kier alpha value is -5.52. The first-order valence-electron chi connectivity index (χ1n) is 38.0. The van der Waals surface area contributed by atoms with Gasteiger partial charge in [0.15, 0.2) is 0 Å². The third-order valence-electron chi connectivity index (χ3n) is 30.0. The summed E-state index contributed by atoms with van der Waals surface area (Å²) in [5, 5.41) is 46.4. The number of hydrogen-bond donors (Lipinski definition) is 3. The van der Waals surface area contributed by atoms with Gasteiger partial charge in [0.2, 0.25) is 0 Å². The second kappa shape index (κ2) is 24.2. The van der Waals surface area contributed by atoms with Crippen LogP contribution in [0.2, 0.25) is 0 Å². The van der Waals surface area contributed by atoms with Gasteiger partial charge in [-0.15, -0.1) is 5.92 Å². The summed E-state index contributed by atoms with van der Waals surface area (Å²) in [6, 6.07) is 46.0. The lowest BCUT2D eigenvalue weighted by molar-refractivity contribution is -0.340. The van der Waals surface area contributed by atoms with Gasteiger partial charge in [-0.05, 0) is 249 Å². The van der Waals surface area contributed by atoms with E-state index in [-0.39, 0.29) is 59.0 Å². The van der Waals surface area contributed by atoms with Crippen LogP contribution in [0.15, 0.2) is 133 Å². The lowest BCUT2D eigenvalue weighted by Crippen LogP contribution is -2.79. The minimum Gasteiger partial charge on any atom is -0.462 e. The molecule has 5 aromatic carbocycles. The quantitative estimate of drug-likeness (QED) is 0.0707. The highest BCUT2D eigenvalue weighted by atomic mass is 16.5. The maximum atomic E-state index is 16.6. The Kier molecular flexibility index (Phi) is 16.3. The largest absolute Gasteiger partial charge is 0.462 e. The van der Waals surface area contributed by atoms with Crippen molar-refractivity contribution < 1.29 is 34.4 Å². The topological polar surface area (TPSA) is 113 Å². The molecule has 0 unspecified atom stereocenters. The van der Waals surface area contributed by atoms with Gasteiger partial charge in [0.1, 0.15) is 12.7 Å². The maximum Gasteiger partial charge on any atom is 0.331 e. The molecule has 9 aliphatic carbocycles. The van der Waals surface area contributed by atoms with Crippen molar-refractivity contribution in [2.24, 2.45) is 56.7 Å². The molecule has 18 atom stereocenters. The van der Waals surface area contributed by atoms with Gasteiger partial charge in [0.25, 0.3) is 0 Å².